The molecule has 0 bridgehead atoms. The van der Waals surface area contributed by atoms with Crippen LogP contribution in [0, 0.1) is 17.1 Å². The fourth-order valence-electron chi connectivity index (χ4n) is 1.03. The minimum Gasteiger partial charge on any atom is -0.266 e. The molecule has 0 amide bonds. The number of anilines is 1. The lowest BCUT2D eigenvalue weighted by Crippen LogP contribution is -2.26. The van der Waals surface area contributed by atoms with Crippen LogP contribution in [0.3, 0.4) is 0 Å². The van der Waals surface area contributed by atoms with Gasteiger partial charge in [0.15, 0.2) is 5.25 Å². The Morgan fingerprint density at radius 3 is 2.75 bits per heavy atom. The summed E-state index contributed by atoms with van der Waals surface area (Å²) in [6.07, 6.45) is 1.07. The zero-order chi connectivity index (χ0) is 12.2. The fraction of sp³-hybridized carbons (Fsp3) is 0.333. The molecule has 0 saturated carbocycles. The molecule has 0 saturated heterocycles. The molecule has 5 nitrogen and oxygen atoms in total. The standard InChI is InChI=1S/C9H10FN3O2S/c1-2-8(5-11)16(14,15)13-9-4-3-7(10)6-12-9/h3-4,6,8H,2H2,1H3,(H,12,13). The topological polar surface area (TPSA) is 82.8 Å². The summed E-state index contributed by atoms with van der Waals surface area (Å²) in [4.78, 5) is 3.54. The van der Waals surface area contributed by atoms with Crippen LogP contribution in [0.5, 0.6) is 0 Å². The highest BCUT2D eigenvalue weighted by Gasteiger charge is 2.23. The van der Waals surface area contributed by atoms with Crippen LogP contribution in [-0.4, -0.2) is 18.7 Å². The number of nitrogens with one attached hydrogen (secondary N) is 1. The molecule has 1 aromatic rings. The molecule has 0 aliphatic heterocycles. The Balaban J connectivity index is 2.89. The number of hydrogen-bond donors (Lipinski definition) is 1. The molecule has 7 heteroatoms. The van der Waals surface area contributed by atoms with Gasteiger partial charge in [-0.1, -0.05) is 6.92 Å². The first-order valence-electron chi connectivity index (χ1n) is 4.52. The number of nitriles is 1. The number of hydrogen-bond acceptors (Lipinski definition) is 4. The molecule has 0 aliphatic carbocycles. The number of pyridine rings is 1. The first-order chi connectivity index (χ1) is 7.49. The van der Waals surface area contributed by atoms with Crippen LogP contribution in [0.2, 0.25) is 0 Å². The van der Waals surface area contributed by atoms with Crippen LogP contribution in [0.4, 0.5) is 10.2 Å². The Morgan fingerprint density at radius 2 is 2.31 bits per heavy atom. The van der Waals surface area contributed by atoms with Crippen molar-refractivity contribution in [3.05, 3.63) is 24.1 Å². The normalized spacial score (nSPS) is 12.8. The molecule has 0 spiro atoms. The number of nitrogens with zero attached hydrogens (tertiary/aromatic N) is 2. The van der Waals surface area contributed by atoms with E-state index in [1.807, 2.05) is 0 Å². The van der Waals surface area contributed by atoms with E-state index in [1.165, 1.54) is 6.07 Å². The van der Waals surface area contributed by atoms with Gasteiger partial charge in [-0.15, -0.1) is 0 Å². The Hall–Kier alpha value is -1.68. The van der Waals surface area contributed by atoms with Crippen molar-refractivity contribution in [2.24, 2.45) is 0 Å². The average Bonchev–Trinajstić information content (AvgIpc) is 2.22. The van der Waals surface area contributed by atoms with Gasteiger partial charge >= 0.3 is 0 Å². The summed E-state index contributed by atoms with van der Waals surface area (Å²) in [6, 6.07) is 3.94. The van der Waals surface area contributed by atoms with E-state index in [-0.39, 0.29) is 12.2 Å². The largest absolute Gasteiger partial charge is 0.266 e. The first kappa shape index (κ1) is 12.4. The maximum Gasteiger partial charge on any atom is 0.250 e. The van der Waals surface area contributed by atoms with Gasteiger partial charge in [-0.05, 0) is 18.6 Å². The van der Waals surface area contributed by atoms with E-state index in [9.17, 15) is 12.8 Å². The van der Waals surface area contributed by atoms with Gasteiger partial charge in [0.1, 0.15) is 11.6 Å². The van der Waals surface area contributed by atoms with Crippen LogP contribution >= 0.6 is 0 Å². The van der Waals surface area contributed by atoms with Crippen LogP contribution in [0.1, 0.15) is 13.3 Å². The van der Waals surface area contributed by atoms with Gasteiger partial charge in [0, 0.05) is 0 Å². The molecular weight excluding hydrogens is 233 g/mol. The van der Waals surface area contributed by atoms with Gasteiger partial charge in [-0.2, -0.15) is 5.26 Å². The number of rotatable bonds is 4. The summed E-state index contributed by atoms with van der Waals surface area (Å²) in [5.41, 5.74) is 0. The third-order valence-electron chi connectivity index (χ3n) is 1.86. The van der Waals surface area contributed by atoms with Crippen molar-refractivity contribution < 1.29 is 12.8 Å². The molecule has 1 N–H and O–H groups in total. The average molecular weight is 243 g/mol. The minimum absolute atomic E-state index is 0.00454. The molecule has 0 aromatic carbocycles. The Bertz CT molecular complexity index is 492. The molecule has 0 aliphatic rings. The monoisotopic (exact) mass is 243 g/mol. The molecule has 0 radical (unpaired) electrons. The van der Waals surface area contributed by atoms with Crippen LogP contribution in [0.25, 0.3) is 0 Å². The van der Waals surface area contributed by atoms with Crippen molar-refractivity contribution in [1.29, 1.82) is 5.26 Å². The molecule has 1 rings (SSSR count). The SMILES string of the molecule is CCC(C#N)S(=O)(=O)Nc1ccc(F)cn1. The maximum atomic E-state index is 12.5. The Labute approximate surface area is 93.0 Å². The Kier molecular flexibility index (Phi) is 3.79. The van der Waals surface area contributed by atoms with Gasteiger partial charge < -0.3 is 0 Å². The van der Waals surface area contributed by atoms with E-state index in [0.717, 1.165) is 12.3 Å². The summed E-state index contributed by atoms with van der Waals surface area (Å²) in [6.45, 7) is 1.59. The highest BCUT2D eigenvalue weighted by atomic mass is 32.2. The molecule has 1 unspecified atom stereocenters. The van der Waals surface area contributed by atoms with Crippen molar-refractivity contribution in [2.75, 3.05) is 4.72 Å². The minimum atomic E-state index is -3.78. The second kappa shape index (κ2) is 4.90. The highest BCUT2D eigenvalue weighted by molar-refractivity contribution is 7.93. The van der Waals surface area contributed by atoms with Crippen molar-refractivity contribution in [2.45, 2.75) is 18.6 Å². The molecule has 16 heavy (non-hydrogen) atoms. The zero-order valence-electron chi connectivity index (χ0n) is 8.51. The van der Waals surface area contributed by atoms with Crippen LogP contribution < -0.4 is 4.72 Å². The van der Waals surface area contributed by atoms with Gasteiger partial charge in [0.2, 0.25) is 10.0 Å². The highest BCUT2D eigenvalue weighted by Crippen LogP contribution is 2.11. The Morgan fingerprint density at radius 1 is 1.62 bits per heavy atom. The van der Waals surface area contributed by atoms with Crippen LogP contribution in [-0.2, 0) is 10.0 Å². The molecule has 1 atom stereocenters. The smallest absolute Gasteiger partial charge is 0.250 e. The third-order valence-corrected chi connectivity index (χ3v) is 3.55. The van der Waals surface area contributed by atoms with Crippen molar-refractivity contribution >= 4 is 15.8 Å². The lowest BCUT2D eigenvalue weighted by atomic mass is 10.4. The maximum absolute atomic E-state index is 12.5. The molecule has 0 fully saturated rings. The summed E-state index contributed by atoms with van der Waals surface area (Å²) in [5, 5.41) is 7.49. The van der Waals surface area contributed by atoms with Crippen molar-refractivity contribution in [3.8, 4) is 6.07 Å². The molecule has 1 aromatic heterocycles. The van der Waals surface area contributed by atoms with E-state index in [2.05, 4.69) is 9.71 Å². The van der Waals surface area contributed by atoms with Crippen molar-refractivity contribution in [1.82, 2.24) is 4.98 Å². The summed E-state index contributed by atoms with van der Waals surface area (Å²) in [7, 11) is -3.78. The molecular formula is C9H10FN3O2S. The van der Waals surface area contributed by atoms with E-state index in [1.54, 1.807) is 13.0 Å². The van der Waals surface area contributed by atoms with Gasteiger partial charge in [-0.25, -0.2) is 17.8 Å². The van der Waals surface area contributed by atoms with E-state index >= 15 is 0 Å². The quantitative estimate of drug-likeness (QED) is 0.863. The van der Waals surface area contributed by atoms with Crippen molar-refractivity contribution in [3.63, 3.8) is 0 Å². The molecule has 86 valence electrons. The van der Waals surface area contributed by atoms with E-state index < -0.39 is 21.1 Å². The second-order valence-electron chi connectivity index (χ2n) is 3.03. The predicted octanol–water partition coefficient (Wildman–Crippen LogP) is 1.26. The fourth-order valence-corrected chi connectivity index (χ4v) is 2.17. The van der Waals surface area contributed by atoms with Gasteiger partial charge in [0.25, 0.3) is 0 Å². The number of sulfonamides is 1. The predicted molar refractivity (Wildman–Crippen MR) is 56.4 cm³/mol. The van der Waals surface area contributed by atoms with Gasteiger partial charge in [0.05, 0.1) is 12.3 Å². The van der Waals surface area contributed by atoms with E-state index in [0.29, 0.717) is 0 Å². The summed E-state index contributed by atoms with van der Waals surface area (Å²) >= 11 is 0. The lowest BCUT2D eigenvalue weighted by molar-refractivity contribution is 0.592. The zero-order valence-corrected chi connectivity index (χ0v) is 9.33. The lowest BCUT2D eigenvalue weighted by Gasteiger charge is -2.09. The number of aromatic nitrogens is 1. The molecule has 1 heterocycles. The summed E-state index contributed by atoms with van der Waals surface area (Å²) in [5.74, 6) is -0.564. The van der Waals surface area contributed by atoms with Crippen LogP contribution in [0.15, 0.2) is 18.3 Å². The number of halogens is 1. The summed E-state index contributed by atoms with van der Waals surface area (Å²) < 4.78 is 37.8. The third kappa shape index (κ3) is 2.90. The first-order valence-corrected chi connectivity index (χ1v) is 6.07. The van der Waals surface area contributed by atoms with E-state index in [4.69, 9.17) is 5.26 Å². The second-order valence-corrected chi connectivity index (χ2v) is 4.90. The van der Waals surface area contributed by atoms with Gasteiger partial charge in [-0.3, -0.25) is 4.72 Å².